The van der Waals surface area contributed by atoms with Crippen molar-refractivity contribution in [1.82, 2.24) is 5.32 Å². The highest BCUT2D eigenvalue weighted by Crippen LogP contribution is 2.32. The van der Waals surface area contributed by atoms with Gasteiger partial charge in [0.05, 0.1) is 6.04 Å². The Balaban J connectivity index is 2.32. The molecule has 0 radical (unpaired) electrons. The Kier molecular flexibility index (Phi) is 5.61. The number of halogens is 1. The van der Waals surface area contributed by atoms with Crippen LogP contribution in [0.4, 0.5) is 0 Å². The van der Waals surface area contributed by atoms with Gasteiger partial charge in [0.1, 0.15) is 0 Å². The van der Waals surface area contributed by atoms with E-state index in [1.54, 1.807) is 0 Å². The molecule has 2 aromatic rings. The standard InChI is InChI=1S/C16H20BrNS/c1-3-11-18-16(13-7-5-6-8-14(13)17)15-10-9-12(4-2)19-15/h5-10,16,18H,3-4,11H2,1-2H3. The summed E-state index contributed by atoms with van der Waals surface area (Å²) in [7, 11) is 0. The quantitative estimate of drug-likeness (QED) is 0.767. The summed E-state index contributed by atoms with van der Waals surface area (Å²) >= 11 is 5.59. The predicted octanol–water partition coefficient (Wildman–Crippen LogP) is 5.16. The van der Waals surface area contributed by atoms with Crippen LogP contribution in [-0.4, -0.2) is 6.54 Å². The lowest BCUT2D eigenvalue weighted by molar-refractivity contribution is 0.604. The Hall–Kier alpha value is -0.640. The highest BCUT2D eigenvalue weighted by molar-refractivity contribution is 9.10. The third kappa shape index (κ3) is 3.68. The zero-order chi connectivity index (χ0) is 13.7. The van der Waals surface area contributed by atoms with Crippen molar-refractivity contribution < 1.29 is 0 Å². The number of rotatable bonds is 6. The first kappa shape index (κ1) is 14.8. The van der Waals surface area contributed by atoms with Gasteiger partial charge in [0.2, 0.25) is 0 Å². The smallest absolute Gasteiger partial charge is 0.0682 e. The maximum atomic E-state index is 3.67. The maximum Gasteiger partial charge on any atom is 0.0682 e. The normalized spacial score (nSPS) is 12.6. The second kappa shape index (κ2) is 7.22. The third-order valence-electron chi connectivity index (χ3n) is 3.13. The largest absolute Gasteiger partial charge is 0.306 e. The van der Waals surface area contributed by atoms with E-state index in [0.29, 0.717) is 6.04 Å². The van der Waals surface area contributed by atoms with Crippen molar-refractivity contribution in [2.24, 2.45) is 0 Å². The molecule has 0 bridgehead atoms. The highest BCUT2D eigenvalue weighted by atomic mass is 79.9. The molecule has 1 heterocycles. The summed E-state index contributed by atoms with van der Waals surface area (Å²) in [6, 6.07) is 13.3. The fraction of sp³-hybridized carbons (Fsp3) is 0.375. The van der Waals surface area contributed by atoms with Crippen LogP contribution in [0.1, 0.15) is 41.6 Å². The molecule has 1 N–H and O–H groups in total. The zero-order valence-electron chi connectivity index (χ0n) is 11.4. The van der Waals surface area contributed by atoms with Gasteiger partial charge in [-0.1, -0.05) is 48.0 Å². The van der Waals surface area contributed by atoms with E-state index in [0.717, 1.165) is 19.4 Å². The maximum absolute atomic E-state index is 3.67. The van der Waals surface area contributed by atoms with Crippen LogP contribution in [0.3, 0.4) is 0 Å². The summed E-state index contributed by atoms with van der Waals surface area (Å²) in [6.45, 7) is 5.45. The molecule has 2 rings (SSSR count). The van der Waals surface area contributed by atoms with Gasteiger partial charge in [-0.25, -0.2) is 0 Å². The second-order valence-electron chi connectivity index (χ2n) is 4.57. The number of thiophene rings is 1. The summed E-state index contributed by atoms with van der Waals surface area (Å²) in [6.07, 6.45) is 2.26. The molecule has 0 aliphatic heterocycles. The van der Waals surface area contributed by atoms with Crippen molar-refractivity contribution >= 4 is 27.3 Å². The number of benzene rings is 1. The summed E-state index contributed by atoms with van der Waals surface area (Å²) in [4.78, 5) is 2.85. The lowest BCUT2D eigenvalue weighted by atomic mass is 10.1. The van der Waals surface area contributed by atoms with Gasteiger partial charge in [-0.2, -0.15) is 0 Å². The van der Waals surface area contributed by atoms with Gasteiger partial charge in [0.25, 0.3) is 0 Å². The lowest BCUT2D eigenvalue weighted by Crippen LogP contribution is -2.22. The van der Waals surface area contributed by atoms with Crippen LogP contribution in [0.25, 0.3) is 0 Å². The average molecular weight is 338 g/mol. The van der Waals surface area contributed by atoms with E-state index in [9.17, 15) is 0 Å². The fourth-order valence-electron chi connectivity index (χ4n) is 2.10. The van der Waals surface area contributed by atoms with Crippen molar-refractivity contribution in [2.45, 2.75) is 32.7 Å². The molecule has 102 valence electrons. The Morgan fingerprint density at radius 1 is 1.16 bits per heavy atom. The SMILES string of the molecule is CCCNC(c1ccc(CC)s1)c1ccccc1Br. The number of aryl methyl sites for hydroxylation is 1. The van der Waals surface area contributed by atoms with Crippen molar-refractivity contribution in [2.75, 3.05) is 6.54 Å². The van der Waals surface area contributed by atoms with Crippen molar-refractivity contribution in [1.29, 1.82) is 0 Å². The molecular formula is C16H20BrNS. The molecule has 0 aliphatic rings. The average Bonchev–Trinajstić information content (AvgIpc) is 2.90. The first-order chi connectivity index (χ1) is 9.26. The minimum atomic E-state index is 0.292. The van der Waals surface area contributed by atoms with E-state index in [2.05, 4.69) is 71.5 Å². The van der Waals surface area contributed by atoms with Crippen LogP contribution in [-0.2, 0) is 6.42 Å². The van der Waals surface area contributed by atoms with Gasteiger partial charge in [-0.3, -0.25) is 0 Å². The van der Waals surface area contributed by atoms with E-state index in [4.69, 9.17) is 0 Å². The molecule has 0 saturated carbocycles. The second-order valence-corrected chi connectivity index (χ2v) is 6.62. The Morgan fingerprint density at radius 2 is 1.95 bits per heavy atom. The van der Waals surface area contributed by atoms with E-state index < -0.39 is 0 Å². The minimum absolute atomic E-state index is 0.292. The molecule has 0 saturated heterocycles. The summed E-state index contributed by atoms with van der Waals surface area (Å²) in [5, 5.41) is 3.66. The van der Waals surface area contributed by atoms with Crippen LogP contribution in [0.2, 0.25) is 0 Å². The summed E-state index contributed by atoms with van der Waals surface area (Å²) < 4.78 is 1.18. The topological polar surface area (TPSA) is 12.0 Å². The van der Waals surface area contributed by atoms with Crippen LogP contribution in [0, 0.1) is 0 Å². The molecular weight excluding hydrogens is 318 g/mol. The van der Waals surface area contributed by atoms with Gasteiger partial charge in [-0.15, -0.1) is 11.3 Å². The van der Waals surface area contributed by atoms with Gasteiger partial charge in [0.15, 0.2) is 0 Å². The number of hydrogen-bond acceptors (Lipinski definition) is 2. The minimum Gasteiger partial charge on any atom is -0.306 e. The Morgan fingerprint density at radius 3 is 2.58 bits per heavy atom. The molecule has 1 nitrogen and oxygen atoms in total. The van der Waals surface area contributed by atoms with Gasteiger partial charge >= 0.3 is 0 Å². The van der Waals surface area contributed by atoms with Crippen LogP contribution < -0.4 is 5.32 Å². The summed E-state index contributed by atoms with van der Waals surface area (Å²) in [5.41, 5.74) is 1.32. The molecule has 19 heavy (non-hydrogen) atoms. The number of nitrogens with one attached hydrogen (secondary N) is 1. The number of hydrogen-bond donors (Lipinski definition) is 1. The molecule has 0 fully saturated rings. The molecule has 1 aromatic carbocycles. The van der Waals surface area contributed by atoms with E-state index in [-0.39, 0.29) is 0 Å². The van der Waals surface area contributed by atoms with Crippen LogP contribution >= 0.6 is 27.3 Å². The molecule has 0 spiro atoms. The Labute approximate surface area is 128 Å². The predicted molar refractivity (Wildman–Crippen MR) is 88.0 cm³/mol. The lowest BCUT2D eigenvalue weighted by Gasteiger charge is -2.19. The molecule has 3 heteroatoms. The monoisotopic (exact) mass is 337 g/mol. The fourth-order valence-corrected chi connectivity index (χ4v) is 3.66. The van der Waals surface area contributed by atoms with Gasteiger partial charge < -0.3 is 5.32 Å². The third-order valence-corrected chi connectivity index (χ3v) is 5.15. The van der Waals surface area contributed by atoms with Crippen LogP contribution in [0.15, 0.2) is 40.9 Å². The Bertz CT molecular complexity index is 521. The molecule has 0 amide bonds. The van der Waals surface area contributed by atoms with Crippen molar-refractivity contribution in [3.63, 3.8) is 0 Å². The van der Waals surface area contributed by atoms with E-state index >= 15 is 0 Å². The molecule has 1 aromatic heterocycles. The zero-order valence-corrected chi connectivity index (χ0v) is 13.9. The molecule has 1 atom stereocenters. The highest BCUT2D eigenvalue weighted by Gasteiger charge is 2.17. The summed E-state index contributed by atoms with van der Waals surface area (Å²) in [5.74, 6) is 0. The van der Waals surface area contributed by atoms with Gasteiger partial charge in [0, 0.05) is 14.2 Å². The first-order valence-electron chi connectivity index (χ1n) is 6.82. The first-order valence-corrected chi connectivity index (χ1v) is 8.43. The van der Waals surface area contributed by atoms with E-state index in [1.807, 2.05) is 11.3 Å². The molecule has 0 aliphatic carbocycles. The van der Waals surface area contributed by atoms with Crippen LogP contribution in [0.5, 0.6) is 0 Å². The van der Waals surface area contributed by atoms with E-state index in [1.165, 1.54) is 19.8 Å². The van der Waals surface area contributed by atoms with Crippen molar-refractivity contribution in [3.05, 3.63) is 56.2 Å². The van der Waals surface area contributed by atoms with Gasteiger partial charge in [-0.05, 0) is 43.1 Å². The van der Waals surface area contributed by atoms with Crippen molar-refractivity contribution in [3.8, 4) is 0 Å². The molecule has 1 unspecified atom stereocenters.